The minimum Gasteiger partial charge on any atom is -0.310 e. The molecule has 0 aliphatic carbocycles. The molecule has 4 nitrogen and oxygen atoms in total. The predicted octanol–water partition coefficient (Wildman–Crippen LogP) is 1.50. The van der Waals surface area contributed by atoms with Gasteiger partial charge in [-0.2, -0.15) is 5.10 Å². The lowest BCUT2D eigenvalue weighted by molar-refractivity contribution is 0.302. The zero-order valence-corrected chi connectivity index (χ0v) is 11.1. The van der Waals surface area contributed by atoms with E-state index in [9.17, 15) is 0 Å². The average molecular weight is 224 g/mol. The number of likely N-dealkylation sites (N-methyl/N-ethyl adjacent to an activating group) is 1. The van der Waals surface area contributed by atoms with Gasteiger partial charge in [0.1, 0.15) is 0 Å². The zero-order chi connectivity index (χ0) is 12.1. The number of hydrogen-bond donors (Lipinski definition) is 1. The van der Waals surface area contributed by atoms with Gasteiger partial charge in [-0.05, 0) is 40.9 Å². The summed E-state index contributed by atoms with van der Waals surface area (Å²) in [4.78, 5) is 2.21. The van der Waals surface area contributed by atoms with Crippen molar-refractivity contribution in [2.75, 3.05) is 20.6 Å². The monoisotopic (exact) mass is 224 g/mol. The second-order valence-electron chi connectivity index (χ2n) is 4.82. The molecule has 1 aromatic heterocycles. The Balaban J connectivity index is 2.32. The van der Waals surface area contributed by atoms with Gasteiger partial charge in [0.2, 0.25) is 0 Å². The van der Waals surface area contributed by atoms with Crippen LogP contribution in [0.25, 0.3) is 0 Å². The number of nitrogens with one attached hydrogen (secondary N) is 1. The van der Waals surface area contributed by atoms with Crippen LogP contribution in [0.5, 0.6) is 0 Å². The van der Waals surface area contributed by atoms with Gasteiger partial charge in [-0.1, -0.05) is 0 Å². The fraction of sp³-hybridized carbons (Fsp3) is 0.750. The molecule has 1 heterocycles. The summed E-state index contributed by atoms with van der Waals surface area (Å²) < 4.78 is 1.99. The molecule has 0 spiro atoms. The van der Waals surface area contributed by atoms with E-state index < -0.39 is 0 Å². The summed E-state index contributed by atoms with van der Waals surface area (Å²) in [6.07, 6.45) is 2.04. The van der Waals surface area contributed by atoms with Gasteiger partial charge in [0.15, 0.2) is 0 Å². The van der Waals surface area contributed by atoms with Crippen molar-refractivity contribution in [2.24, 2.45) is 0 Å². The third-order valence-corrected chi connectivity index (χ3v) is 2.82. The zero-order valence-electron chi connectivity index (χ0n) is 11.1. The molecule has 0 fully saturated rings. The summed E-state index contributed by atoms with van der Waals surface area (Å²) in [6.45, 7) is 8.32. The van der Waals surface area contributed by atoms with Gasteiger partial charge in [0.25, 0.3) is 0 Å². The van der Waals surface area contributed by atoms with Crippen molar-refractivity contribution in [3.63, 3.8) is 0 Å². The van der Waals surface area contributed by atoms with E-state index in [1.165, 1.54) is 0 Å². The van der Waals surface area contributed by atoms with E-state index >= 15 is 0 Å². The van der Waals surface area contributed by atoms with Crippen LogP contribution in [0.4, 0.5) is 0 Å². The third kappa shape index (κ3) is 3.94. The Labute approximate surface area is 98.6 Å². The van der Waals surface area contributed by atoms with Crippen LogP contribution in [0, 0.1) is 0 Å². The molecule has 0 aliphatic heterocycles. The topological polar surface area (TPSA) is 33.1 Å². The minimum absolute atomic E-state index is 0.439. The van der Waals surface area contributed by atoms with Crippen molar-refractivity contribution >= 4 is 0 Å². The molecule has 1 rings (SSSR count). The van der Waals surface area contributed by atoms with Crippen molar-refractivity contribution in [3.05, 3.63) is 18.0 Å². The first-order valence-corrected chi connectivity index (χ1v) is 5.92. The van der Waals surface area contributed by atoms with Crippen LogP contribution in [-0.2, 0) is 6.54 Å². The lowest BCUT2D eigenvalue weighted by Crippen LogP contribution is -2.35. The second kappa shape index (κ2) is 6.01. The maximum atomic E-state index is 4.49. The van der Waals surface area contributed by atoms with E-state index in [0.29, 0.717) is 12.1 Å². The fourth-order valence-electron chi connectivity index (χ4n) is 1.35. The van der Waals surface area contributed by atoms with Crippen LogP contribution in [0.3, 0.4) is 0 Å². The summed E-state index contributed by atoms with van der Waals surface area (Å²) in [6, 6.07) is 3.06. The summed E-state index contributed by atoms with van der Waals surface area (Å²) in [5, 5.41) is 7.91. The van der Waals surface area contributed by atoms with E-state index in [1.54, 1.807) is 0 Å². The molecule has 0 aliphatic rings. The van der Waals surface area contributed by atoms with Crippen molar-refractivity contribution in [2.45, 2.75) is 39.4 Å². The molecule has 1 N–H and O–H groups in total. The minimum atomic E-state index is 0.439. The highest BCUT2D eigenvalue weighted by atomic mass is 15.3. The maximum Gasteiger partial charge on any atom is 0.0762 e. The van der Waals surface area contributed by atoms with E-state index in [0.717, 1.165) is 18.8 Å². The molecule has 16 heavy (non-hydrogen) atoms. The molecule has 4 heteroatoms. The third-order valence-electron chi connectivity index (χ3n) is 2.82. The van der Waals surface area contributed by atoms with Gasteiger partial charge in [-0.15, -0.1) is 0 Å². The quantitative estimate of drug-likeness (QED) is 0.795. The Morgan fingerprint density at radius 1 is 1.38 bits per heavy atom. The highest BCUT2D eigenvalue weighted by Crippen LogP contribution is 2.03. The first kappa shape index (κ1) is 13.2. The van der Waals surface area contributed by atoms with Crippen LogP contribution in [0.2, 0.25) is 0 Å². The average Bonchev–Trinajstić information content (AvgIpc) is 2.66. The van der Waals surface area contributed by atoms with Gasteiger partial charge in [-0.3, -0.25) is 4.68 Å². The van der Waals surface area contributed by atoms with Gasteiger partial charge in [0.05, 0.1) is 5.69 Å². The molecule has 0 aromatic carbocycles. The lowest BCUT2D eigenvalue weighted by atomic mass is 10.3. The molecule has 1 atom stereocenters. The number of nitrogens with zero attached hydrogens (tertiary/aromatic N) is 3. The van der Waals surface area contributed by atoms with Crippen LogP contribution in [0.15, 0.2) is 12.3 Å². The molecule has 0 amide bonds. The van der Waals surface area contributed by atoms with Crippen molar-refractivity contribution in [1.29, 1.82) is 0 Å². The smallest absolute Gasteiger partial charge is 0.0762 e. The van der Waals surface area contributed by atoms with Crippen LogP contribution < -0.4 is 5.32 Å². The first-order valence-electron chi connectivity index (χ1n) is 5.92. The predicted molar refractivity (Wildman–Crippen MR) is 67.5 cm³/mol. The van der Waals surface area contributed by atoms with E-state index in [2.05, 4.69) is 56.2 Å². The van der Waals surface area contributed by atoms with Crippen LogP contribution in [-0.4, -0.2) is 41.4 Å². The van der Waals surface area contributed by atoms with E-state index in [-0.39, 0.29) is 0 Å². The second-order valence-corrected chi connectivity index (χ2v) is 4.82. The van der Waals surface area contributed by atoms with Gasteiger partial charge in [0, 0.05) is 31.4 Å². The molecule has 1 aromatic rings. The summed E-state index contributed by atoms with van der Waals surface area (Å²) >= 11 is 0. The largest absolute Gasteiger partial charge is 0.310 e. The SMILES string of the molecule is CC(CNCc1ccn(C(C)C)n1)N(C)C. The molecule has 0 saturated carbocycles. The van der Waals surface area contributed by atoms with Crippen molar-refractivity contribution in [1.82, 2.24) is 20.0 Å². The molecular weight excluding hydrogens is 200 g/mol. The molecule has 1 unspecified atom stereocenters. The highest BCUT2D eigenvalue weighted by molar-refractivity contribution is 4.99. The summed E-state index contributed by atoms with van der Waals surface area (Å²) in [7, 11) is 4.19. The Morgan fingerprint density at radius 2 is 2.06 bits per heavy atom. The molecule has 0 bridgehead atoms. The summed E-state index contributed by atoms with van der Waals surface area (Å²) in [5.74, 6) is 0. The number of rotatable bonds is 6. The van der Waals surface area contributed by atoms with E-state index in [4.69, 9.17) is 0 Å². The van der Waals surface area contributed by atoms with Gasteiger partial charge >= 0.3 is 0 Å². The number of aromatic nitrogens is 2. The molecule has 0 saturated heterocycles. The van der Waals surface area contributed by atoms with Crippen LogP contribution >= 0.6 is 0 Å². The maximum absolute atomic E-state index is 4.49. The summed E-state index contributed by atoms with van der Waals surface area (Å²) in [5.41, 5.74) is 1.11. The Morgan fingerprint density at radius 3 is 2.56 bits per heavy atom. The lowest BCUT2D eigenvalue weighted by Gasteiger charge is -2.19. The Kier molecular flexibility index (Phi) is 4.96. The van der Waals surface area contributed by atoms with Crippen molar-refractivity contribution in [3.8, 4) is 0 Å². The normalized spacial score (nSPS) is 13.7. The molecule has 92 valence electrons. The van der Waals surface area contributed by atoms with Crippen molar-refractivity contribution < 1.29 is 0 Å². The highest BCUT2D eigenvalue weighted by Gasteiger charge is 2.05. The van der Waals surface area contributed by atoms with Crippen LogP contribution in [0.1, 0.15) is 32.5 Å². The fourth-order valence-corrected chi connectivity index (χ4v) is 1.35. The number of hydrogen-bond acceptors (Lipinski definition) is 3. The van der Waals surface area contributed by atoms with Gasteiger partial charge < -0.3 is 10.2 Å². The van der Waals surface area contributed by atoms with E-state index in [1.807, 2.05) is 10.9 Å². The first-order chi connectivity index (χ1) is 7.50. The standard InChI is InChI=1S/C12H24N4/c1-10(2)16-7-6-12(14-16)9-13-8-11(3)15(4)5/h6-7,10-11,13H,8-9H2,1-5H3. The van der Waals surface area contributed by atoms with Gasteiger partial charge in [-0.25, -0.2) is 0 Å². The Bertz CT molecular complexity index is 304. The molecular formula is C12H24N4. The Hall–Kier alpha value is -0.870. The molecule has 0 radical (unpaired) electrons.